The van der Waals surface area contributed by atoms with Gasteiger partial charge in [-0.15, -0.1) is 0 Å². The first-order chi connectivity index (χ1) is 11.6. The fourth-order valence-electron chi connectivity index (χ4n) is 2.34. The third-order valence-corrected chi connectivity index (χ3v) is 3.27. The van der Waals surface area contributed by atoms with Crippen LogP contribution in [0, 0.1) is 6.92 Å². The maximum atomic E-state index is 12.0. The molecule has 25 heavy (non-hydrogen) atoms. The maximum absolute atomic E-state index is 12.0. The van der Waals surface area contributed by atoms with Gasteiger partial charge in [0.15, 0.2) is 17.5 Å². The maximum Gasteiger partial charge on any atom is 0.408 e. The third-order valence-electron chi connectivity index (χ3n) is 3.27. The first-order valence-corrected chi connectivity index (χ1v) is 7.57. The SMILES string of the molecule is COc1cc(C)c([C@H](NC(=O)OC(C)(C)C)C(=O)O)c(OC)c1OC. The minimum absolute atomic E-state index is 0.169. The van der Waals surface area contributed by atoms with Gasteiger partial charge in [-0.3, -0.25) is 0 Å². The van der Waals surface area contributed by atoms with E-state index in [9.17, 15) is 14.7 Å². The summed E-state index contributed by atoms with van der Waals surface area (Å²) in [5.74, 6) is -0.466. The Balaban J connectivity index is 3.41. The van der Waals surface area contributed by atoms with E-state index in [1.165, 1.54) is 21.3 Å². The van der Waals surface area contributed by atoms with Crippen molar-refractivity contribution in [3.63, 3.8) is 0 Å². The van der Waals surface area contributed by atoms with Crippen molar-refractivity contribution in [1.29, 1.82) is 0 Å². The first kappa shape index (κ1) is 20.4. The number of carbonyl (C=O) groups is 2. The van der Waals surface area contributed by atoms with E-state index in [2.05, 4.69) is 5.32 Å². The zero-order valence-electron chi connectivity index (χ0n) is 15.6. The lowest BCUT2D eigenvalue weighted by Gasteiger charge is -2.25. The summed E-state index contributed by atoms with van der Waals surface area (Å²) in [7, 11) is 4.26. The van der Waals surface area contributed by atoms with E-state index in [0.29, 0.717) is 11.3 Å². The van der Waals surface area contributed by atoms with Crippen LogP contribution in [0.5, 0.6) is 17.2 Å². The highest BCUT2D eigenvalue weighted by atomic mass is 16.6. The Morgan fingerprint density at radius 3 is 2.04 bits per heavy atom. The Morgan fingerprint density at radius 1 is 1.08 bits per heavy atom. The van der Waals surface area contributed by atoms with Crippen LogP contribution in [0.1, 0.15) is 37.9 Å². The zero-order chi connectivity index (χ0) is 19.4. The predicted octanol–water partition coefficient (Wildman–Crippen LogP) is 2.67. The molecule has 2 N–H and O–H groups in total. The summed E-state index contributed by atoms with van der Waals surface area (Å²) in [4.78, 5) is 23.8. The molecule has 0 fully saturated rings. The molecule has 0 bridgehead atoms. The monoisotopic (exact) mass is 355 g/mol. The molecular formula is C17H25NO7. The molecule has 0 heterocycles. The lowest BCUT2D eigenvalue weighted by Crippen LogP contribution is -2.38. The van der Waals surface area contributed by atoms with Gasteiger partial charge in [-0.2, -0.15) is 0 Å². The average Bonchev–Trinajstić information content (AvgIpc) is 2.49. The molecule has 1 aromatic rings. The van der Waals surface area contributed by atoms with Crippen molar-refractivity contribution in [2.75, 3.05) is 21.3 Å². The second-order valence-corrected chi connectivity index (χ2v) is 6.29. The molecule has 0 spiro atoms. The number of aliphatic carboxylic acids is 1. The number of alkyl carbamates (subject to hydrolysis) is 1. The van der Waals surface area contributed by atoms with Crippen molar-refractivity contribution in [3.8, 4) is 17.2 Å². The molecule has 8 heteroatoms. The van der Waals surface area contributed by atoms with E-state index in [4.69, 9.17) is 18.9 Å². The summed E-state index contributed by atoms with van der Waals surface area (Å²) in [5, 5.41) is 12.0. The van der Waals surface area contributed by atoms with Gasteiger partial charge in [-0.25, -0.2) is 9.59 Å². The quantitative estimate of drug-likeness (QED) is 0.808. The van der Waals surface area contributed by atoms with Gasteiger partial charge in [0, 0.05) is 5.56 Å². The van der Waals surface area contributed by atoms with Gasteiger partial charge in [0.05, 0.1) is 21.3 Å². The zero-order valence-corrected chi connectivity index (χ0v) is 15.6. The van der Waals surface area contributed by atoms with E-state index in [1.807, 2.05) is 0 Å². The number of hydrogen-bond acceptors (Lipinski definition) is 6. The van der Waals surface area contributed by atoms with Crippen molar-refractivity contribution in [2.45, 2.75) is 39.3 Å². The van der Waals surface area contributed by atoms with Crippen LogP contribution in [0.2, 0.25) is 0 Å². The first-order valence-electron chi connectivity index (χ1n) is 7.57. The number of methoxy groups -OCH3 is 3. The van der Waals surface area contributed by atoms with Crippen LogP contribution in [-0.4, -0.2) is 44.1 Å². The van der Waals surface area contributed by atoms with Gasteiger partial charge in [-0.05, 0) is 39.3 Å². The number of carbonyl (C=O) groups excluding carboxylic acids is 1. The van der Waals surface area contributed by atoms with Crippen LogP contribution in [0.4, 0.5) is 4.79 Å². The summed E-state index contributed by atoms with van der Waals surface area (Å²) < 4.78 is 21.0. The van der Waals surface area contributed by atoms with Crippen molar-refractivity contribution in [2.24, 2.45) is 0 Å². The standard InChI is InChI=1S/C17H25NO7/c1-9-8-10(22-5)13(23-6)14(24-7)11(9)12(15(19)20)18-16(21)25-17(2,3)4/h8,12H,1-7H3,(H,18,21)(H,19,20)/t12-/m0/s1. The molecule has 0 aliphatic rings. The van der Waals surface area contributed by atoms with Crippen molar-refractivity contribution >= 4 is 12.1 Å². The van der Waals surface area contributed by atoms with Gasteiger partial charge in [0.2, 0.25) is 5.75 Å². The molecule has 1 amide bonds. The molecular weight excluding hydrogens is 330 g/mol. The van der Waals surface area contributed by atoms with Crippen molar-refractivity contribution in [3.05, 3.63) is 17.2 Å². The minimum Gasteiger partial charge on any atom is -0.493 e. The lowest BCUT2D eigenvalue weighted by molar-refractivity contribution is -0.139. The molecule has 0 saturated carbocycles. The van der Waals surface area contributed by atoms with Crippen LogP contribution >= 0.6 is 0 Å². The Hall–Kier alpha value is -2.64. The molecule has 8 nitrogen and oxygen atoms in total. The molecule has 0 radical (unpaired) electrons. The second kappa shape index (κ2) is 7.96. The number of aryl methyl sites for hydroxylation is 1. The highest BCUT2D eigenvalue weighted by Gasteiger charge is 2.32. The number of amides is 1. The van der Waals surface area contributed by atoms with E-state index in [1.54, 1.807) is 33.8 Å². The number of carboxylic acid groups (broad SMARTS) is 1. The largest absolute Gasteiger partial charge is 0.493 e. The van der Waals surface area contributed by atoms with E-state index in [0.717, 1.165) is 0 Å². The van der Waals surface area contributed by atoms with Crippen LogP contribution in [0.25, 0.3) is 0 Å². The number of carboxylic acids is 1. The smallest absolute Gasteiger partial charge is 0.408 e. The Labute approximate surface area is 147 Å². The Kier molecular flexibility index (Phi) is 6.49. The van der Waals surface area contributed by atoms with Crippen molar-refractivity contribution < 1.29 is 33.6 Å². The second-order valence-electron chi connectivity index (χ2n) is 6.29. The van der Waals surface area contributed by atoms with Gasteiger partial charge >= 0.3 is 12.1 Å². The van der Waals surface area contributed by atoms with Gasteiger partial charge < -0.3 is 29.4 Å². The molecule has 1 aromatic carbocycles. The van der Waals surface area contributed by atoms with Crippen molar-refractivity contribution in [1.82, 2.24) is 5.32 Å². The van der Waals surface area contributed by atoms with Gasteiger partial charge in [0.1, 0.15) is 5.60 Å². The highest BCUT2D eigenvalue weighted by molar-refractivity contribution is 5.83. The summed E-state index contributed by atoms with van der Waals surface area (Å²) in [6, 6.07) is 0.230. The van der Waals surface area contributed by atoms with E-state index < -0.39 is 23.7 Å². The van der Waals surface area contributed by atoms with Gasteiger partial charge in [0.25, 0.3) is 0 Å². The third kappa shape index (κ3) is 4.91. The summed E-state index contributed by atoms with van der Waals surface area (Å²) in [5.41, 5.74) is 0.0422. The highest BCUT2D eigenvalue weighted by Crippen LogP contribution is 2.44. The summed E-state index contributed by atoms with van der Waals surface area (Å²) in [6.07, 6.45) is -0.851. The fourth-order valence-corrected chi connectivity index (χ4v) is 2.34. The van der Waals surface area contributed by atoms with Crippen LogP contribution in [-0.2, 0) is 9.53 Å². The number of rotatable bonds is 6. The average molecular weight is 355 g/mol. The van der Waals surface area contributed by atoms with Crippen LogP contribution in [0.15, 0.2) is 6.07 Å². The minimum atomic E-state index is -1.38. The fraction of sp³-hybridized carbons (Fsp3) is 0.529. The Bertz CT molecular complexity index is 649. The number of nitrogens with one attached hydrogen (secondary N) is 1. The number of ether oxygens (including phenoxy) is 4. The Morgan fingerprint density at radius 2 is 1.64 bits per heavy atom. The molecule has 1 rings (SSSR count). The van der Waals surface area contributed by atoms with Crippen LogP contribution in [0.3, 0.4) is 0 Å². The number of benzene rings is 1. The topological polar surface area (TPSA) is 103 Å². The van der Waals surface area contributed by atoms with Crippen LogP contribution < -0.4 is 19.5 Å². The molecule has 1 atom stereocenters. The lowest BCUT2D eigenvalue weighted by atomic mass is 9.98. The number of hydrogen-bond donors (Lipinski definition) is 2. The predicted molar refractivity (Wildman–Crippen MR) is 90.6 cm³/mol. The molecule has 0 aliphatic heterocycles. The molecule has 0 aromatic heterocycles. The molecule has 140 valence electrons. The summed E-state index contributed by atoms with van der Waals surface area (Å²) >= 11 is 0. The molecule has 0 saturated heterocycles. The van der Waals surface area contributed by atoms with Gasteiger partial charge in [-0.1, -0.05) is 0 Å². The normalized spacial score (nSPS) is 12.1. The van der Waals surface area contributed by atoms with E-state index in [-0.39, 0.29) is 17.1 Å². The molecule has 0 unspecified atom stereocenters. The van der Waals surface area contributed by atoms with E-state index >= 15 is 0 Å². The molecule has 0 aliphatic carbocycles. The summed E-state index contributed by atoms with van der Waals surface area (Å²) in [6.45, 7) is 6.74.